The number of hydrogen-bond donors (Lipinski definition) is 1. The smallest absolute Gasteiger partial charge is 0.303 e. The maximum absolute atomic E-state index is 12.7. The van der Waals surface area contributed by atoms with Crippen LogP contribution in [0.5, 0.6) is 0 Å². The summed E-state index contributed by atoms with van der Waals surface area (Å²) in [6.07, 6.45) is 3.75. The molecule has 2 saturated heterocycles. The first-order chi connectivity index (χ1) is 9.99. The summed E-state index contributed by atoms with van der Waals surface area (Å²) in [5.41, 5.74) is 0. The number of rotatable bonds is 5. The fourth-order valence-electron chi connectivity index (χ4n) is 3.60. The molecule has 2 fully saturated rings. The van der Waals surface area contributed by atoms with Crippen LogP contribution in [0.3, 0.4) is 0 Å². The minimum absolute atomic E-state index is 0.0109. The Bertz CT molecular complexity index is 382. The summed E-state index contributed by atoms with van der Waals surface area (Å²) in [7, 11) is 0. The van der Waals surface area contributed by atoms with Crippen LogP contribution in [0, 0.1) is 17.8 Å². The number of likely N-dealkylation sites (tertiary alicyclic amines) is 1. The molecular weight excluding hydrogens is 270 g/mol. The van der Waals surface area contributed by atoms with Crippen molar-refractivity contribution in [3.8, 4) is 0 Å². The molecule has 0 radical (unpaired) electrons. The molecule has 120 valence electrons. The molecule has 3 unspecified atom stereocenters. The van der Waals surface area contributed by atoms with E-state index in [4.69, 9.17) is 9.84 Å². The van der Waals surface area contributed by atoms with Crippen LogP contribution in [0.4, 0.5) is 0 Å². The lowest BCUT2D eigenvalue weighted by Gasteiger charge is -2.35. The highest BCUT2D eigenvalue weighted by Crippen LogP contribution is 2.30. The number of nitrogens with zero attached hydrogens (tertiary/aromatic N) is 1. The van der Waals surface area contributed by atoms with Gasteiger partial charge in [0.05, 0.1) is 12.0 Å². The molecule has 21 heavy (non-hydrogen) atoms. The van der Waals surface area contributed by atoms with Crippen LogP contribution in [-0.4, -0.2) is 47.7 Å². The third-order valence-corrected chi connectivity index (χ3v) is 4.71. The number of amides is 1. The van der Waals surface area contributed by atoms with Crippen LogP contribution in [-0.2, 0) is 14.3 Å². The SMILES string of the molecule is CC(C)C1OCCC1C(=O)N1CCCC(CCC(=O)O)C1. The van der Waals surface area contributed by atoms with E-state index in [9.17, 15) is 9.59 Å². The number of carbonyl (C=O) groups excluding carboxylic acids is 1. The summed E-state index contributed by atoms with van der Waals surface area (Å²) in [5, 5.41) is 8.79. The molecule has 0 aliphatic carbocycles. The molecule has 0 aromatic rings. The van der Waals surface area contributed by atoms with Gasteiger partial charge >= 0.3 is 5.97 Å². The van der Waals surface area contributed by atoms with Gasteiger partial charge in [-0.15, -0.1) is 0 Å². The van der Waals surface area contributed by atoms with Crippen molar-refractivity contribution in [2.45, 2.75) is 52.1 Å². The van der Waals surface area contributed by atoms with Crippen molar-refractivity contribution >= 4 is 11.9 Å². The third-order valence-electron chi connectivity index (χ3n) is 4.71. The van der Waals surface area contributed by atoms with E-state index in [1.807, 2.05) is 4.90 Å². The van der Waals surface area contributed by atoms with Gasteiger partial charge in [-0.3, -0.25) is 9.59 Å². The maximum atomic E-state index is 12.7. The zero-order valence-electron chi connectivity index (χ0n) is 13.1. The third kappa shape index (κ3) is 4.19. The van der Waals surface area contributed by atoms with Gasteiger partial charge < -0.3 is 14.7 Å². The number of piperidine rings is 1. The molecule has 0 aromatic heterocycles. The van der Waals surface area contributed by atoms with E-state index in [0.717, 1.165) is 25.8 Å². The molecule has 0 saturated carbocycles. The zero-order valence-corrected chi connectivity index (χ0v) is 13.1. The standard InChI is InChI=1S/C16H27NO4/c1-11(2)15-13(7-9-21-15)16(20)17-8-3-4-12(10-17)5-6-14(18)19/h11-13,15H,3-10H2,1-2H3,(H,18,19). The lowest BCUT2D eigenvalue weighted by molar-refractivity contribution is -0.140. The van der Waals surface area contributed by atoms with E-state index in [0.29, 0.717) is 31.4 Å². The molecule has 0 bridgehead atoms. The van der Waals surface area contributed by atoms with Crippen molar-refractivity contribution in [3.63, 3.8) is 0 Å². The lowest BCUT2D eigenvalue weighted by atomic mass is 9.89. The van der Waals surface area contributed by atoms with Crippen molar-refractivity contribution in [3.05, 3.63) is 0 Å². The first kappa shape index (κ1) is 16.3. The Labute approximate surface area is 126 Å². The van der Waals surface area contributed by atoms with E-state index in [-0.39, 0.29) is 24.3 Å². The average Bonchev–Trinajstić information content (AvgIpc) is 2.94. The van der Waals surface area contributed by atoms with Crippen LogP contribution in [0.15, 0.2) is 0 Å². The number of carbonyl (C=O) groups is 2. The van der Waals surface area contributed by atoms with Crippen LogP contribution >= 0.6 is 0 Å². The summed E-state index contributed by atoms with van der Waals surface area (Å²) < 4.78 is 5.72. The van der Waals surface area contributed by atoms with Crippen LogP contribution < -0.4 is 0 Å². The van der Waals surface area contributed by atoms with Crippen molar-refractivity contribution < 1.29 is 19.4 Å². The number of carboxylic acids is 1. The molecule has 1 N–H and O–H groups in total. The van der Waals surface area contributed by atoms with Crippen LogP contribution in [0.2, 0.25) is 0 Å². The van der Waals surface area contributed by atoms with Gasteiger partial charge in [-0.1, -0.05) is 13.8 Å². The second kappa shape index (κ2) is 7.25. The highest BCUT2D eigenvalue weighted by atomic mass is 16.5. The monoisotopic (exact) mass is 297 g/mol. The Morgan fingerprint density at radius 3 is 2.76 bits per heavy atom. The van der Waals surface area contributed by atoms with Crippen LogP contribution in [0.25, 0.3) is 0 Å². The summed E-state index contributed by atoms with van der Waals surface area (Å²) in [4.78, 5) is 25.4. The minimum Gasteiger partial charge on any atom is -0.481 e. The van der Waals surface area contributed by atoms with Crippen molar-refractivity contribution in [2.24, 2.45) is 17.8 Å². The maximum Gasteiger partial charge on any atom is 0.303 e. The van der Waals surface area contributed by atoms with E-state index in [2.05, 4.69) is 13.8 Å². The number of ether oxygens (including phenoxy) is 1. The Morgan fingerprint density at radius 2 is 2.10 bits per heavy atom. The fourth-order valence-corrected chi connectivity index (χ4v) is 3.60. The fraction of sp³-hybridized carbons (Fsp3) is 0.875. The lowest BCUT2D eigenvalue weighted by Crippen LogP contribution is -2.45. The molecule has 2 rings (SSSR count). The molecule has 1 amide bonds. The van der Waals surface area contributed by atoms with Gasteiger partial charge in [-0.05, 0) is 37.5 Å². The van der Waals surface area contributed by atoms with Gasteiger partial charge in [-0.2, -0.15) is 0 Å². The van der Waals surface area contributed by atoms with Crippen molar-refractivity contribution in [1.29, 1.82) is 0 Å². The quantitative estimate of drug-likeness (QED) is 0.844. The Kier molecular flexibility index (Phi) is 5.62. The van der Waals surface area contributed by atoms with E-state index in [1.54, 1.807) is 0 Å². The molecule has 5 nitrogen and oxygen atoms in total. The summed E-state index contributed by atoms with van der Waals surface area (Å²) in [6.45, 7) is 6.40. The highest BCUT2D eigenvalue weighted by Gasteiger charge is 2.39. The molecule has 5 heteroatoms. The average molecular weight is 297 g/mol. The van der Waals surface area contributed by atoms with Gasteiger partial charge in [0, 0.05) is 26.1 Å². The Hall–Kier alpha value is -1.10. The summed E-state index contributed by atoms with van der Waals surface area (Å²) >= 11 is 0. The Balaban J connectivity index is 1.91. The van der Waals surface area contributed by atoms with Gasteiger partial charge in [0.15, 0.2) is 0 Å². The number of carboxylic acid groups (broad SMARTS) is 1. The second-order valence-corrected chi connectivity index (χ2v) is 6.70. The first-order valence-electron chi connectivity index (χ1n) is 8.11. The highest BCUT2D eigenvalue weighted by molar-refractivity contribution is 5.80. The summed E-state index contributed by atoms with van der Waals surface area (Å²) in [6, 6.07) is 0. The van der Waals surface area contributed by atoms with Gasteiger partial charge in [0.1, 0.15) is 0 Å². The number of hydrogen-bond acceptors (Lipinski definition) is 3. The normalized spacial score (nSPS) is 29.9. The molecule has 2 aliphatic rings. The molecule has 3 atom stereocenters. The zero-order chi connectivity index (χ0) is 15.4. The van der Waals surface area contributed by atoms with Crippen LogP contribution in [0.1, 0.15) is 46.0 Å². The predicted molar refractivity (Wildman–Crippen MR) is 78.9 cm³/mol. The topological polar surface area (TPSA) is 66.8 Å². The second-order valence-electron chi connectivity index (χ2n) is 6.70. The molecular formula is C16H27NO4. The largest absolute Gasteiger partial charge is 0.481 e. The molecule has 0 aromatic carbocycles. The molecule has 0 spiro atoms. The molecule has 2 heterocycles. The first-order valence-corrected chi connectivity index (χ1v) is 8.11. The van der Waals surface area contributed by atoms with Gasteiger partial charge in [0.2, 0.25) is 5.91 Å². The minimum atomic E-state index is -0.748. The van der Waals surface area contributed by atoms with E-state index >= 15 is 0 Å². The molecule has 2 aliphatic heterocycles. The van der Waals surface area contributed by atoms with Gasteiger partial charge in [-0.25, -0.2) is 0 Å². The van der Waals surface area contributed by atoms with E-state index < -0.39 is 5.97 Å². The van der Waals surface area contributed by atoms with E-state index in [1.165, 1.54) is 0 Å². The number of aliphatic carboxylic acids is 1. The Morgan fingerprint density at radius 1 is 1.33 bits per heavy atom. The predicted octanol–water partition coefficient (Wildman–Crippen LogP) is 2.15. The van der Waals surface area contributed by atoms with Crippen molar-refractivity contribution in [1.82, 2.24) is 4.90 Å². The van der Waals surface area contributed by atoms with Gasteiger partial charge in [0.25, 0.3) is 0 Å². The summed E-state index contributed by atoms with van der Waals surface area (Å²) in [5.74, 6) is 0.143. The van der Waals surface area contributed by atoms with Crippen molar-refractivity contribution in [2.75, 3.05) is 19.7 Å².